The molecule has 0 aliphatic carbocycles. The van der Waals surface area contributed by atoms with Crippen LogP contribution < -0.4 is 0 Å². The highest BCUT2D eigenvalue weighted by atomic mass is 35.6. The molecule has 0 atom stereocenters. The van der Waals surface area contributed by atoms with E-state index in [1.54, 1.807) is 0 Å². The smallest absolute Gasteiger partial charge is 0.103 e. The molecule has 0 aliphatic rings. The Kier molecular flexibility index (Phi) is 4.73. The van der Waals surface area contributed by atoms with Crippen LogP contribution in [0.1, 0.15) is 19.3 Å². The van der Waals surface area contributed by atoms with Crippen molar-refractivity contribution in [3.63, 3.8) is 0 Å². The average molecular weight is 187 g/mol. The Bertz CT molecular complexity index is 82.8. The fourth-order valence-corrected chi connectivity index (χ4v) is 0.848. The second-order valence-electron chi connectivity index (χ2n) is 1.80. The van der Waals surface area contributed by atoms with E-state index in [1.807, 2.05) is 6.08 Å². The third-order valence-electron chi connectivity index (χ3n) is 0.868. The summed E-state index contributed by atoms with van der Waals surface area (Å²) in [4.78, 5) is 0. The van der Waals surface area contributed by atoms with Gasteiger partial charge in [0.2, 0.25) is 0 Å². The fourth-order valence-electron chi connectivity index (χ4n) is 0.447. The first-order valence-corrected chi connectivity index (χ1v) is 3.87. The molecule has 0 N–H and O–H groups in total. The second kappa shape index (κ2) is 4.43. The average Bonchev–Trinajstić information content (AvgIpc) is 1.63. The molecule has 0 aliphatic heterocycles. The highest BCUT2D eigenvalue weighted by molar-refractivity contribution is 6.67. The van der Waals surface area contributed by atoms with Gasteiger partial charge in [-0.1, -0.05) is 40.9 Å². The van der Waals surface area contributed by atoms with Crippen molar-refractivity contribution in [2.45, 2.75) is 23.1 Å². The summed E-state index contributed by atoms with van der Waals surface area (Å²) in [6.45, 7) is 3.55. The monoisotopic (exact) mass is 186 g/mol. The van der Waals surface area contributed by atoms with Gasteiger partial charge in [-0.3, -0.25) is 0 Å². The summed E-state index contributed by atoms with van der Waals surface area (Å²) in [5.41, 5.74) is 0. The van der Waals surface area contributed by atoms with Gasteiger partial charge in [0, 0.05) is 0 Å². The molecule has 0 aromatic heterocycles. The summed E-state index contributed by atoms with van der Waals surface area (Å²) in [6, 6.07) is 0. The number of halogens is 3. The molecule has 0 heterocycles. The largest absolute Gasteiger partial charge is 0.190 e. The predicted octanol–water partition coefficient (Wildman–Crippen LogP) is 3.71. The third-order valence-corrected chi connectivity index (χ3v) is 1.44. The van der Waals surface area contributed by atoms with Crippen LogP contribution in [0.2, 0.25) is 0 Å². The van der Waals surface area contributed by atoms with Gasteiger partial charge in [-0.25, -0.2) is 0 Å². The minimum Gasteiger partial charge on any atom is -0.103 e. The summed E-state index contributed by atoms with van der Waals surface area (Å²) >= 11 is 16.4. The first-order chi connectivity index (χ1) is 4.06. The maximum absolute atomic E-state index is 5.47. The van der Waals surface area contributed by atoms with Gasteiger partial charge in [0.25, 0.3) is 0 Å². The molecular formula is C6H9Cl3. The van der Waals surface area contributed by atoms with Crippen molar-refractivity contribution >= 4 is 34.8 Å². The van der Waals surface area contributed by atoms with Gasteiger partial charge in [-0.2, -0.15) is 0 Å². The summed E-state index contributed by atoms with van der Waals surface area (Å²) in [5, 5.41) is 0. The second-order valence-corrected chi connectivity index (χ2v) is 4.31. The summed E-state index contributed by atoms with van der Waals surface area (Å²) < 4.78 is -1.08. The molecule has 0 nitrogen and oxygen atoms in total. The number of allylic oxidation sites excluding steroid dienone is 1. The van der Waals surface area contributed by atoms with Crippen LogP contribution in [0, 0.1) is 0 Å². The Labute approximate surface area is 70.8 Å². The van der Waals surface area contributed by atoms with Crippen LogP contribution in [-0.4, -0.2) is 3.79 Å². The van der Waals surface area contributed by atoms with Gasteiger partial charge >= 0.3 is 0 Å². The SMILES string of the molecule is C=CCCCC(Cl)(Cl)Cl. The number of alkyl halides is 3. The van der Waals surface area contributed by atoms with Gasteiger partial charge in [-0.05, 0) is 19.3 Å². The number of rotatable bonds is 3. The lowest BCUT2D eigenvalue weighted by atomic mass is 10.2. The van der Waals surface area contributed by atoms with Crippen LogP contribution >= 0.6 is 34.8 Å². The van der Waals surface area contributed by atoms with E-state index in [9.17, 15) is 0 Å². The van der Waals surface area contributed by atoms with E-state index < -0.39 is 3.79 Å². The van der Waals surface area contributed by atoms with Crippen LogP contribution in [-0.2, 0) is 0 Å². The maximum Gasteiger partial charge on any atom is 0.190 e. The summed E-state index contributed by atoms with van der Waals surface area (Å²) in [5.74, 6) is 0. The molecule has 0 saturated carbocycles. The quantitative estimate of drug-likeness (QED) is 0.359. The van der Waals surface area contributed by atoms with E-state index in [1.165, 1.54) is 0 Å². The number of hydrogen-bond donors (Lipinski definition) is 0. The van der Waals surface area contributed by atoms with Crippen LogP contribution in [0.15, 0.2) is 12.7 Å². The minimum atomic E-state index is -1.08. The lowest BCUT2D eigenvalue weighted by molar-refractivity contribution is 0.768. The van der Waals surface area contributed by atoms with E-state index in [0.29, 0.717) is 6.42 Å². The first-order valence-electron chi connectivity index (χ1n) is 2.74. The van der Waals surface area contributed by atoms with Crippen LogP contribution in [0.5, 0.6) is 0 Å². The molecule has 0 bridgehead atoms. The normalized spacial score (nSPS) is 11.4. The highest BCUT2D eigenvalue weighted by Crippen LogP contribution is 2.31. The molecule has 0 unspecified atom stereocenters. The molecule has 3 heteroatoms. The number of unbranched alkanes of at least 4 members (excludes halogenated alkanes) is 1. The van der Waals surface area contributed by atoms with Crippen LogP contribution in [0.3, 0.4) is 0 Å². The zero-order valence-corrected chi connectivity index (χ0v) is 7.31. The third kappa shape index (κ3) is 8.61. The van der Waals surface area contributed by atoms with E-state index in [2.05, 4.69) is 6.58 Å². The molecule has 0 radical (unpaired) electrons. The van der Waals surface area contributed by atoms with E-state index >= 15 is 0 Å². The van der Waals surface area contributed by atoms with Gasteiger partial charge in [0.15, 0.2) is 3.79 Å². The Morgan fingerprint density at radius 3 is 2.22 bits per heavy atom. The van der Waals surface area contributed by atoms with E-state index in [0.717, 1.165) is 12.8 Å². The molecule has 0 saturated heterocycles. The number of hydrogen-bond acceptors (Lipinski definition) is 0. The molecule has 54 valence electrons. The molecule has 0 spiro atoms. The predicted molar refractivity (Wildman–Crippen MR) is 44.3 cm³/mol. The van der Waals surface area contributed by atoms with Crippen LogP contribution in [0.25, 0.3) is 0 Å². The van der Waals surface area contributed by atoms with Gasteiger partial charge in [-0.15, -0.1) is 6.58 Å². The van der Waals surface area contributed by atoms with E-state index in [-0.39, 0.29) is 0 Å². The van der Waals surface area contributed by atoms with Crippen molar-refractivity contribution in [2.24, 2.45) is 0 Å². The zero-order chi connectivity index (χ0) is 7.33. The standard InChI is InChI=1S/C6H9Cl3/c1-2-3-4-5-6(7,8)9/h2H,1,3-5H2. The van der Waals surface area contributed by atoms with Gasteiger partial charge in [0.05, 0.1) is 0 Å². The Hall–Kier alpha value is 0.610. The van der Waals surface area contributed by atoms with Crippen molar-refractivity contribution in [3.05, 3.63) is 12.7 Å². The Balaban J connectivity index is 3.17. The van der Waals surface area contributed by atoms with Gasteiger partial charge < -0.3 is 0 Å². The Morgan fingerprint density at radius 1 is 1.33 bits per heavy atom. The van der Waals surface area contributed by atoms with Crippen molar-refractivity contribution in [1.29, 1.82) is 0 Å². The highest BCUT2D eigenvalue weighted by Gasteiger charge is 2.17. The molecule has 0 aromatic rings. The summed E-state index contributed by atoms with van der Waals surface area (Å²) in [6.07, 6.45) is 4.22. The molecule has 0 fully saturated rings. The molecule has 9 heavy (non-hydrogen) atoms. The lowest BCUT2D eigenvalue weighted by Crippen LogP contribution is -1.99. The minimum absolute atomic E-state index is 0.601. The first kappa shape index (κ1) is 9.61. The van der Waals surface area contributed by atoms with E-state index in [4.69, 9.17) is 34.8 Å². The summed E-state index contributed by atoms with van der Waals surface area (Å²) in [7, 11) is 0. The molecule has 0 amide bonds. The Morgan fingerprint density at radius 2 is 1.89 bits per heavy atom. The fraction of sp³-hybridized carbons (Fsp3) is 0.667. The lowest BCUT2D eigenvalue weighted by Gasteiger charge is -2.07. The van der Waals surface area contributed by atoms with Crippen LogP contribution in [0.4, 0.5) is 0 Å². The van der Waals surface area contributed by atoms with Crippen molar-refractivity contribution < 1.29 is 0 Å². The molecular weight excluding hydrogens is 178 g/mol. The molecule has 0 aromatic carbocycles. The zero-order valence-electron chi connectivity index (χ0n) is 5.04. The van der Waals surface area contributed by atoms with Crippen molar-refractivity contribution in [3.8, 4) is 0 Å². The van der Waals surface area contributed by atoms with Crippen molar-refractivity contribution in [1.82, 2.24) is 0 Å². The van der Waals surface area contributed by atoms with Crippen molar-refractivity contribution in [2.75, 3.05) is 0 Å². The topological polar surface area (TPSA) is 0 Å². The molecule has 0 rings (SSSR count). The maximum atomic E-state index is 5.47. The van der Waals surface area contributed by atoms with Gasteiger partial charge in [0.1, 0.15) is 0 Å².